The van der Waals surface area contributed by atoms with Crippen molar-refractivity contribution in [2.24, 2.45) is 11.0 Å². The first-order valence-corrected chi connectivity index (χ1v) is 8.56. The van der Waals surface area contributed by atoms with Crippen molar-refractivity contribution >= 4 is 23.4 Å². The number of nitrogens with zero attached hydrogens (tertiary/aromatic N) is 1. The zero-order chi connectivity index (χ0) is 16.9. The van der Waals surface area contributed by atoms with Crippen LogP contribution in [-0.2, 0) is 9.53 Å². The van der Waals surface area contributed by atoms with Gasteiger partial charge in [-0.2, -0.15) is 5.10 Å². The van der Waals surface area contributed by atoms with E-state index in [1.165, 1.54) is 6.42 Å². The molecule has 1 atom stereocenters. The van der Waals surface area contributed by atoms with Crippen LogP contribution in [0.25, 0.3) is 0 Å². The summed E-state index contributed by atoms with van der Waals surface area (Å²) in [6.07, 6.45) is 5.47. The van der Waals surface area contributed by atoms with Crippen LogP contribution in [0.15, 0.2) is 29.4 Å². The Kier molecular flexibility index (Phi) is 5.13. The number of anilines is 1. The number of carbonyl (C=O) groups is 2. The molecule has 1 aromatic carbocycles. The highest BCUT2D eigenvalue weighted by Crippen LogP contribution is 2.22. The molecule has 0 aromatic heterocycles. The van der Waals surface area contributed by atoms with Gasteiger partial charge in [-0.3, -0.25) is 10.1 Å². The molecule has 1 aliphatic heterocycles. The molecule has 1 aliphatic carbocycles. The Bertz CT molecular complexity index is 633. The second kappa shape index (κ2) is 7.47. The number of amides is 2. The Hall–Kier alpha value is -2.37. The summed E-state index contributed by atoms with van der Waals surface area (Å²) in [4.78, 5) is 23.3. The van der Waals surface area contributed by atoms with E-state index in [-0.39, 0.29) is 17.9 Å². The number of benzene rings is 1. The van der Waals surface area contributed by atoms with E-state index in [4.69, 9.17) is 4.74 Å². The molecular weight excluding hydrogens is 306 g/mol. The molecule has 3 rings (SSSR count). The summed E-state index contributed by atoms with van der Waals surface area (Å²) in [7, 11) is 0. The quantitative estimate of drug-likeness (QED) is 0.891. The van der Waals surface area contributed by atoms with Gasteiger partial charge in [0, 0.05) is 18.0 Å². The summed E-state index contributed by atoms with van der Waals surface area (Å²) in [5.41, 5.74) is 4.99. The molecule has 6 heteroatoms. The fourth-order valence-corrected chi connectivity index (χ4v) is 3.21. The van der Waals surface area contributed by atoms with E-state index in [0.29, 0.717) is 12.1 Å². The van der Waals surface area contributed by atoms with Gasteiger partial charge in [0.25, 0.3) is 0 Å². The van der Waals surface area contributed by atoms with Gasteiger partial charge in [-0.1, -0.05) is 25.5 Å². The highest BCUT2D eigenvalue weighted by Gasteiger charge is 2.21. The van der Waals surface area contributed by atoms with Gasteiger partial charge in [0.15, 0.2) is 0 Å². The summed E-state index contributed by atoms with van der Waals surface area (Å²) in [6, 6.07) is 7.43. The predicted octanol–water partition coefficient (Wildman–Crippen LogP) is 3.43. The molecule has 128 valence electrons. The molecular formula is C18H23N3O3. The number of rotatable bonds is 3. The summed E-state index contributed by atoms with van der Waals surface area (Å²) in [6.45, 7) is 1.98. The third-order valence-electron chi connectivity index (χ3n) is 4.51. The number of hydrogen-bond donors (Lipinski definition) is 2. The number of carbonyl (C=O) groups excluding carboxylic acids is 2. The third-order valence-corrected chi connectivity index (χ3v) is 4.51. The maximum absolute atomic E-state index is 12.0. The van der Waals surface area contributed by atoms with Gasteiger partial charge in [0.2, 0.25) is 5.91 Å². The van der Waals surface area contributed by atoms with Crippen LogP contribution in [0.4, 0.5) is 10.5 Å². The largest absolute Gasteiger partial charge is 0.446 e. The van der Waals surface area contributed by atoms with Crippen molar-refractivity contribution < 1.29 is 14.3 Å². The molecule has 2 aliphatic rings. The van der Waals surface area contributed by atoms with Gasteiger partial charge in [-0.15, -0.1) is 0 Å². The molecule has 1 fully saturated rings. The summed E-state index contributed by atoms with van der Waals surface area (Å²) in [5, 5.41) is 6.90. The minimum absolute atomic E-state index is 0.0408. The molecule has 0 spiro atoms. The molecule has 1 heterocycles. The standard InChI is InChI=1S/C18H23N3O3/c1-12-11-16(22)20-21-17(12)13-7-9-14(10-8-13)19-18(23)24-15-5-3-2-4-6-15/h7-10,12,15H,2-6,11H2,1H3,(H,19,23)(H,20,22). The lowest BCUT2D eigenvalue weighted by Crippen LogP contribution is -2.31. The van der Waals surface area contributed by atoms with Gasteiger partial charge in [0.1, 0.15) is 6.10 Å². The minimum atomic E-state index is -0.398. The lowest BCUT2D eigenvalue weighted by Gasteiger charge is -2.22. The van der Waals surface area contributed by atoms with Gasteiger partial charge >= 0.3 is 6.09 Å². The molecule has 1 unspecified atom stereocenters. The van der Waals surface area contributed by atoms with Gasteiger partial charge < -0.3 is 4.74 Å². The van der Waals surface area contributed by atoms with Crippen LogP contribution >= 0.6 is 0 Å². The maximum Gasteiger partial charge on any atom is 0.411 e. The van der Waals surface area contributed by atoms with Crippen molar-refractivity contribution in [3.8, 4) is 0 Å². The Morgan fingerprint density at radius 1 is 1.21 bits per heavy atom. The highest BCUT2D eigenvalue weighted by molar-refractivity contribution is 6.06. The Labute approximate surface area is 141 Å². The molecule has 1 aromatic rings. The van der Waals surface area contributed by atoms with Crippen LogP contribution in [0.1, 0.15) is 51.0 Å². The first-order valence-electron chi connectivity index (χ1n) is 8.56. The van der Waals surface area contributed by atoms with E-state index in [2.05, 4.69) is 15.8 Å². The summed E-state index contributed by atoms with van der Waals surface area (Å²) in [5.74, 6) is 0.0174. The van der Waals surface area contributed by atoms with E-state index in [1.807, 2.05) is 31.2 Å². The second-order valence-electron chi connectivity index (χ2n) is 6.50. The molecule has 0 saturated heterocycles. The average Bonchev–Trinajstić information content (AvgIpc) is 2.57. The van der Waals surface area contributed by atoms with Crippen LogP contribution in [0.3, 0.4) is 0 Å². The fraction of sp³-hybridized carbons (Fsp3) is 0.500. The average molecular weight is 329 g/mol. The molecule has 2 N–H and O–H groups in total. The number of nitrogens with one attached hydrogen (secondary N) is 2. The Morgan fingerprint density at radius 3 is 2.58 bits per heavy atom. The lowest BCUT2D eigenvalue weighted by atomic mass is 9.94. The zero-order valence-electron chi connectivity index (χ0n) is 13.9. The number of hydrogen-bond acceptors (Lipinski definition) is 4. The van der Waals surface area contributed by atoms with Crippen LogP contribution in [0.2, 0.25) is 0 Å². The van der Waals surface area contributed by atoms with E-state index in [1.54, 1.807) is 0 Å². The van der Waals surface area contributed by atoms with Crippen molar-refractivity contribution in [2.75, 3.05) is 5.32 Å². The van der Waals surface area contributed by atoms with Crippen molar-refractivity contribution in [1.29, 1.82) is 0 Å². The monoisotopic (exact) mass is 329 g/mol. The van der Waals surface area contributed by atoms with Gasteiger partial charge in [-0.25, -0.2) is 10.2 Å². The molecule has 6 nitrogen and oxygen atoms in total. The number of ether oxygens (including phenoxy) is 1. The molecule has 0 radical (unpaired) electrons. The smallest absolute Gasteiger partial charge is 0.411 e. The summed E-state index contributed by atoms with van der Waals surface area (Å²) >= 11 is 0. The first-order chi connectivity index (χ1) is 11.6. The SMILES string of the molecule is CC1CC(=O)NN=C1c1ccc(NC(=O)OC2CCCCC2)cc1. The Balaban J connectivity index is 1.58. The van der Waals surface area contributed by atoms with Crippen LogP contribution < -0.4 is 10.7 Å². The molecule has 0 bridgehead atoms. The van der Waals surface area contributed by atoms with Crippen molar-refractivity contribution in [3.63, 3.8) is 0 Å². The lowest BCUT2D eigenvalue weighted by molar-refractivity contribution is -0.121. The van der Waals surface area contributed by atoms with E-state index in [9.17, 15) is 9.59 Å². The molecule has 24 heavy (non-hydrogen) atoms. The van der Waals surface area contributed by atoms with Crippen LogP contribution in [-0.4, -0.2) is 23.8 Å². The van der Waals surface area contributed by atoms with E-state index < -0.39 is 6.09 Å². The van der Waals surface area contributed by atoms with E-state index in [0.717, 1.165) is 37.0 Å². The maximum atomic E-state index is 12.0. The molecule has 1 saturated carbocycles. The normalized spacial score (nSPS) is 21.6. The topological polar surface area (TPSA) is 79.8 Å². The van der Waals surface area contributed by atoms with Crippen LogP contribution in [0.5, 0.6) is 0 Å². The summed E-state index contributed by atoms with van der Waals surface area (Å²) < 4.78 is 5.45. The van der Waals surface area contributed by atoms with Gasteiger partial charge in [0.05, 0.1) is 5.71 Å². The zero-order valence-corrected chi connectivity index (χ0v) is 13.9. The minimum Gasteiger partial charge on any atom is -0.446 e. The van der Waals surface area contributed by atoms with Crippen LogP contribution in [0, 0.1) is 5.92 Å². The Morgan fingerprint density at radius 2 is 1.92 bits per heavy atom. The third kappa shape index (κ3) is 4.13. The van der Waals surface area contributed by atoms with Crippen molar-refractivity contribution in [1.82, 2.24) is 5.43 Å². The van der Waals surface area contributed by atoms with Gasteiger partial charge in [-0.05, 0) is 43.4 Å². The van der Waals surface area contributed by atoms with E-state index >= 15 is 0 Å². The first kappa shape index (κ1) is 16.5. The van der Waals surface area contributed by atoms with Crippen molar-refractivity contribution in [3.05, 3.63) is 29.8 Å². The fourth-order valence-electron chi connectivity index (χ4n) is 3.21. The molecule has 2 amide bonds. The van der Waals surface area contributed by atoms with Crippen molar-refractivity contribution in [2.45, 2.75) is 51.6 Å². The highest BCUT2D eigenvalue weighted by atomic mass is 16.6. The number of hydrazone groups is 1. The second-order valence-corrected chi connectivity index (χ2v) is 6.50. The predicted molar refractivity (Wildman–Crippen MR) is 91.9 cm³/mol.